The maximum Gasteiger partial charge on any atom is 0.163 e. The van der Waals surface area contributed by atoms with Gasteiger partial charge in [0.05, 0.1) is 0 Å². The summed E-state index contributed by atoms with van der Waals surface area (Å²) in [5.74, 6) is 1.31. The average molecular weight is 287 g/mol. The fourth-order valence-electron chi connectivity index (χ4n) is 3.59. The normalized spacial score (nSPS) is 20.3. The molecule has 0 spiro atoms. The van der Waals surface area contributed by atoms with Crippen molar-refractivity contribution >= 4 is 5.78 Å². The molecule has 3 heteroatoms. The Bertz CT molecular complexity index is 532. The van der Waals surface area contributed by atoms with E-state index in [1.807, 2.05) is 0 Å². The largest absolute Gasteiger partial charge is 0.492 e. The molecule has 1 atom stereocenters. The predicted octanol–water partition coefficient (Wildman–Crippen LogP) is 3.24. The van der Waals surface area contributed by atoms with Crippen molar-refractivity contribution in [1.82, 2.24) is 4.90 Å². The van der Waals surface area contributed by atoms with Crippen LogP contribution in [0.5, 0.6) is 5.75 Å². The maximum absolute atomic E-state index is 11.9. The summed E-state index contributed by atoms with van der Waals surface area (Å²) in [4.78, 5) is 14.5. The molecule has 114 valence electrons. The summed E-state index contributed by atoms with van der Waals surface area (Å²) in [6, 6.07) is 4.66. The van der Waals surface area contributed by atoms with Crippen LogP contribution in [-0.4, -0.2) is 36.4 Å². The Morgan fingerprint density at radius 1 is 1.14 bits per heavy atom. The Morgan fingerprint density at radius 3 is 2.62 bits per heavy atom. The number of ether oxygens (including phenoxy) is 1. The molecular weight excluding hydrogens is 262 g/mol. The predicted molar refractivity (Wildman–Crippen MR) is 84.2 cm³/mol. The first-order valence-corrected chi connectivity index (χ1v) is 8.28. The molecule has 2 aliphatic rings. The van der Waals surface area contributed by atoms with Gasteiger partial charge in [0.25, 0.3) is 0 Å². The van der Waals surface area contributed by atoms with Crippen LogP contribution in [0.4, 0.5) is 0 Å². The van der Waals surface area contributed by atoms with E-state index in [1.54, 1.807) is 0 Å². The summed E-state index contributed by atoms with van der Waals surface area (Å²) in [5, 5.41) is 0. The number of nitrogens with zero attached hydrogens (tertiary/aromatic N) is 1. The van der Waals surface area contributed by atoms with Gasteiger partial charge in [-0.25, -0.2) is 0 Å². The molecule has 0 saturated carbocycles. The van der Waals surface area contributed by atoms with Crippen LogP contribution in [0, 0.1) is 0 Å². The minimum absolute atomic E-state index is 0.300. The van der Waals surface area contributed by atoms with Crippen LogP contribution in [0.1, 0.15) is 54.6 Å². The van der Waals surface area contributed by atoms with E-state index in [0.717, 1.165) is 43.9 Å². The van der Waals surface area contributed by atoms with Gasteiger partial charge in [0.1, 0.15) is 12.4 Å². The zero-order valence-corrected chi connectivity index (χ0v) is 13.2. The van der Waals surface area contributed by atoms with E-state index in [1.165, 1.54) is 24.0 Å². The van der Waals surface area contributed by atoms with Gasteiger partial charge in [-0.1, -0.05) is 13.8 Å². The Labute approximate surface area is 127 Å². The van der Waals surface area contributed by atoms with Gasteiger partial charge in [-0.15, -0.1) is 0 Å². The number of ketones is 1. The van der Waals surface area contributed by atoms with Gasteiger partial charge in [0.15, 0.2) is 5.78 Å². The number of aryl methyl sites for hydroxylation is 1. The molecule has 0 N–H and O–H groups in total. The van der Waals surface area contributed by atoms with E-state index in [9.17, 15) is 4.79 Å². The van der Waals surface area contributed by atoms with Crippen LogP contribution in [0.2, 0.25) is 0 Å². The summed E-state index contributed by atoms with van der Waals surface area (Å²) in [7, 11) is 0. The van der Waals surface area contributed by atoms with Crippen molar-refractivity contribution in [3.8, 4) is 5.75 Å². The van der Waals surface area contributed by atoms with Crippen molar-refractivity contribution < 1.29 is 9.53 Å². The smallest absolute Gasteiger partial charge is 0.163 e. The first-order chi connectivity index (χ1) is 10.2. The third-order valence-corrected chi connectivity index (χ3v) is 4.63. The lowest BCUT2D eigenvalue weighted by molar-refractivity contribution is 0.0994. The first kappa shape index (κ1) is 14.6. The molecule has 0 aromatic heterocycles. The van der Waals surface area contributed by atoms with Crippen molar-refractivity contribution in [2.75, 3.05) is 19.7 Å². The minimum atomic E-state index is 0.300. The van der Waals surface area contributed by atoms with Crippen molar-refractivity contribution in [2.24, 2.45) is 0 Å². The Kier molecular flexibility index (Phi) is 4.29. The third kappa shape index (κ3) is 2.84. The van der Waals surface area contributed by atoms with E-state index in [4.69, 9.17) is 4.74 Å². The summed E-state index contributed by atoms with van der Waals surface area (Å²) in [5.41, 5.74) is 3.34. The van der Waals surface area contributed by atoms with Crippen LogP contribution in [-0.2, 0) is 12.8 Å². The number of hydrogen-bond donors (Lipinski definition) is 0. The van der Waals surface area contributed by atoms with E-state index < -0.39 is 0 Å². The molecule has 0 bridgehead atoms. The SMILES string of the molecule is CCCN(CCC)C1COc2cc3c(cc2C1)C(=O)CC3. The first-order valence-electron chi connectivity index (χ1n) is 8.28. The number of fused-ring (bicyclic) bond motifs is 2. The number of benzene rings is 1. The van der Waals surface area contributed by atoms with Crippen molar-refractivity contribution in [1.29, 1.82) is 0 Å². The highest BCUT2D eigenvalue weighted by molar-refractivity contribution is 6.00. The van der Waals surface area contributed by atoms with Crippen LogP contribution in [0.15, 0.2) is 12.1 Å². The third-order valence-electron chi connectivity index (χ3n) is 4.63. The second-order valence-electron chi connectivity index (χ2n) is 6.25. The standard InChI is InChI=1S/C18H25NO2/c1-3-7-19(8-4-2)15-9-14-10-16-13(5-6-17(16)20)11-18(14)21-12-15/h10-11,15H,3-9,12H2,1-2H3. The molecule has 1 heterocycles. The van der Waals surface area contributed by atoms with Crippen LogP contribution >= 0.6 is 0 Å². The lowest BCUT2D eigenvalue weighted by Crippen LogP contribution is -2.44. The fourth-order valence-corrected chi connectivity index (χ4v) is 3.59. The molecule has 0 saturated heterocycles. The summed E-state index contributed by atoms with van der Waals surface area (Å²) < 4.78 is 6.02. The zero-order chi connectivity index (χ0) is 14.8. The van der Waals surface area contributed by atoms with Gasteiger partial charge in [-0.05, 0) is 62.0 Å². The number of hydrogen-bond acceptors (Lipinski definition) is 3. The van der Waals surface area contributed by atoms with Gasteiger partial charge in [0, 0.05) is 18.0 Å². The number of carbonyl (C=O) groups is 1. The molecule has 1 unspecified atom stereocenters. The molecule has 21 heavy (non-hydrogen) atoms. The highest BCUT2D eigenvalue weighted by Gasteiger charge is 2.28. The molecule has 0 amide bonds. The van der Waals surface area contributed by atoms with E-state index >= 15 is 0 Å². The highest BCUT2D eigenvalue weighted by Crippen LogP contribution is 2.33. The molecule has 0 radical (unpaired) electrons. The lowest BCUT2D eigenvalue weighted by Gasteiger charge is -2.35. The fraction of sp³-hybridized carbons (Fsp3) is 0.611. The summed E-state index contributed by atoms with van der Waals surface area (Å²) in [6.07, 6.45) is 4.90. The number of Topliss-reactive ketones (excluding diaryl/α,β-unsaturated/α-hetero) is 1. The molecule has 1 aromatic rings. The molecule has 3 nitrogen and oxygen atoms in total. The Balaban J connectivity index is 1.81. The molecule has 1 aliphatic heterocycles. The van der Waals surface area contributed by atoms with Gasteiger partial charge in [-0.2, -0.15) is 0 Å². The zero-order valence-electron chi connectivity index (χ0n) is 13.2. The van der Waals surface area contributed by atoms with Crippen LogP contribution < -0.4 is 4.74 Å². The van der Waals surface area contributed by atoms with Gasteiger partial charge < -0.3 is 4.74 Å². The second-order valence-corrected chi connectivity index (χ2v) is 6.25. The van der Waals surface area contributed by atoms with Crippen LogP contribution in [0.25, 0.3) is 0 Å². The lowest BCUT2D eigenvalue weighted by atomic mass is 9.96. The quantitative estimate of drug-likeness (QED) is 0.832. The number of carbonyl (C=O) groups excluding carboxylic acids is 1. The monoisotopic (exact) mass is 287 g/mol. The van der Waals surface area contributed by atoms with Crippen molar-refractivity contribution in [3.05, 3.63) is 28.8 Å². The summed E-state index contributed by atoms with van der Waals surface area (Å²) in [6.45, 7) is 7.49. The number of rotatable bonds is 5. The van der Waals surface area contributed by atoms with Gasteiger partial charge >= 0.3 is 0 Å². The molecular formula is C18H25NO2. The second kappa shape index (κ2) is 6.18. The van der Waals surface area contributed by atoms with Crippen LogP contribution in [0.3, 0.4) is 0 Å². The van der Waals surface area contributed by atoms with Crippen molar-refractivity contribution in [2.45, 2.75) is 52.0 Å². The topological polar surface area (TPSA) is 29.5 Å². The molecule has 0 fully saturated rings. The van der Waals surface area contributed by atoms with Gasteiger partial charge in [0.2, 0.25) is 0 Å². The van der Waals surface area contributed by atoms with Gasteiger partial charge in [-0.3, -0.25) is 9.69 Å². The Morgan fingerprint density at radius 2 is 1.90 bits per heavy atom. The molecule has 3 rings (SSSR count). The molecule has 1 aliphatic carbocycles. The average Bonchev–Trinajstić information content (AvgIpc) is 2.85. The Hall–Kier alpha value is -1.35. The minimum Gasteiger partial charge on any atom is -0.492 e. The molecule has 1 aromatic carbocycles. The van der Waals surface area contributed by atoms with Crippen molar-refractivity contribution in [3.63, 3.8) is 0 Å². The van der Waals surface area contributed by atoms with E-state index in [0.29, 0.717) is 18.2 Å². The van der Waals surface area contributed by atoms with E-state index in [2.05, 4.69) is 30.9 Å². The van der Waals surface area contributed by atoms with E-state index in [-0.39, 0.29) is 0 Å². The summed E-state index contributed by atoms with van der Waals surface area (Å²) >= 11 is 0. The highest BCUT2D eigenvalue weighted by atomic mass is 16.5. The maximum atomic E-state index is 11.9.